The van der Waals surface area contributed by atoms with Gasteiger partial charge in [0.2, 0.25) is 0 Å². The van der Waals surface area contributed by atoms with Crippen molar-refractivity contribution < 1.29 is 9.66 Å². The van der Waals surface area contributed by atoms with Gasteiger partial charge in [-0.3, -0.25) is 10.1 Å². The fraction of sp³-hybridized carbons (Fsp3) is 0.222. The summed E-state index contributed by atoms with van der Waals surface area (Å²) < 4.78 is 7.06. The number of ether oxygens (including phenoxy) is 1. The summed E-state index contributed by atoms with van der Waals surface area (Å²) in [6.07, 6.45) is 0.746. The molecule has 0 radical (unpaired) electrons. The molecule has 0 aliphatic heterocycles. The van der Waals surface area contributed by atoms with Gasteiger partial charge in [0, 0.05) is 31.9 Å². The fourth-order valence-electron chi connectivity index (χ4n) is 2.57. The maximum Gasteiger partial charge on any atom is 0.283 e. The highest BCUT2D eigenvalue weighted by atomic mass is 35.5. The van der Waals surface area contributed by atoms with E-state index in [0.717, 1.165) is 12.0 Å². The number of methoxy groups -OCH3 is 1. The van der Waals surface area contributed by atoms with Crippen molar-refractivity contribution in [2.24, 2.45) is 0 Å². The van der Waals surface area contributed by atoms with Crippen molar-refractivity contribution >= 4 is 29.1 Å². The second-order valence-corrected chi connectivity index (χ2v) is 7.03. The van der Waals surface area contributed by atoms with Crippen LogP contribution in [0.25, 0.3) is 11.4 Å². The predicted octanol–water partition coefficient (Wildman–Crippen LogP) is 4.69. The number of nitrogens with zero attached hydrogens (tertiary/aromatic N) is 4. The Hall–Kier alpha value is -2.42. The maximum absolute atomic E-state index is 11.3. The molecule has 9 heteroatoms. The van der Waals surface area contributed by atoms with Gasteiger partial charge in [0.25, 0.3) is 5.69 Å². The first kappa shape index (κ1) is 19.3. The van der Waals surface area contributed by atoms with E-state index in [-0.39, 0.29) is 5.69 Å². The van der Waals surface area contributed by atoms with Crippen LogP contribution in [-0.4, -0.2) is 33.4 Å². The Kier molecular flexibility index (Phi) is 6.44. The van der Waals surface area contributed by atoms with E-state index in [2.05, 4.69) is 10.2 Å². The number of hydrogen-bond acceptors (Lipinski definition) is 6. The van der Waals surface area contributed by atoms with Gasteiger partial charge in [-0.15, -0.1) is 10.2 Å². The van der Waals surface area contributed by atoms with Gasteiger partial charge >= 0.3 is 0 Å². The highest BCUT2D eigenvalue weighted by Crippen LogP contribution is 2.36. The van der Waals surface area contributed by atoms with Crippen LogP contribution in [0.3, 0.4) is 0 Å². The molecular formula is C18H17ClN4O3S. The Bertz CT molecular complexity index is 948. The number of nitro benzene ring substituents is 1. The SMILES string of the molecule is COCCCn1c(Sc2ccccc2[N+](=O)[O-])nnc1-c1ccccc1Cl. The van der Waals surface area contributed by atoms with Crippen molar-refractivity contribution in [1.29, 1.82) is 0 Å². The predicted molar refractivity (Wildman–Crippen MR) is 104 cm³/mol. The number of hydrogen-bond donors (Lipinski definition) is 0. The Labute approximate surface area is 165 Å². The zero-order chi connectivity index (χ0) is 19.2. The number of aromatic nitrogens is 3. The number of halogens is 1. The van der Waals surface area contributed by atoms with E-state index in [9.17, 15) is 10.1 Å². The van der Waals surface area contributed by atoms with E-state index in [1.807, 2.05) is 22.8 Å². The van der Waals surface area contributed by atoms with Crippen LogP contribution in [0.5, 0.6) is 0 Å². The molecular weight excluding hydrogens is 388 g/mol. The molecule has 0 spiro atoms. The van der Waals surface area contributed by atoms with Crippen LogP contribution in [0, 0.1) is 10.1 Å². The van der Waals surface area contributed by atoms with Crippen molar-refractivity contribution in [2.75, 3.05) is 13.7 Å². The number of benzene rings is 2. The van der Waals surface area contributed by atoms with Gasteiger partial charge in [-0.2, -0.15) is 0 Å². The van der Waals surface area contributed by atoms with E-state index < -0.39 is 4.92 Å². The highest BCUT2D eigenvalue weighted by molar-refractivity contribution is 7.99. The summed E-state index contributed by atoms with van der Waals surface area (Å²) in [4.78, 5) is 11.4. The summed E-state index contributed by atoms with van der Waals surface area (Å²) in [6.45, 7) is 1.18. The molecule has 0 amide bonds. The fourth-order valence-corrected chi connectivity index (χ4v) is 3.75. The molecule has 2 aromatic carbocycles. The van der Waals surface area contributed by atoms with E-state index >= 15 is 0 Å². The van der Waals surface area contributed by atoms with Crippen molar-refractivity contribution in [2.45, 2.75) is 23.0 Å². The molecule has 0 fully saturated rings. The first-order valence-corrected chi connectivity index (χ1v) is 9.39. The van der Waals surface area contributed by atoms with Crippen LogP contribution in [0.1, 0.15) is 6.42 Å². The van der Waals surface area contributed by atoms with Gasteiger partial charge in [0.05, 0.1) is 14.8 Å². The molecule has 7 nitrogen and oxygen atoms in total. The zero-order valence-electron chi connectivity index (χ0n) is 14.5. The molecule has 1 heterocycles. The Morgan fingerprint density at radius 3 is 2.67 bits per heavy atom. The van der Waals surface area contributed by atoms with Crippen molar-refractivity contribution in [3.05, 3.63) is 63.7 Å². The summed E-state index contributed by atoms with van der Waals surface area (Å²) in [6, 6.07) is 14.0. The standard InChI is InChI=1S/C18H17ClN4O3S/c1-26-12-6-11-22-17(13-7-2-3-8-14(13)19)20-21-18(22)27-16-10-5-4-9-15(16)23(24)25/h2-5,7-10H,6,11-12H2,1H3. The minimum atomic E-state index is -0.400. The Balaban J connectivity index is 2.01. The lowest BCUT2D eigenvalue weighted by Crippen LogP contribution is -2.05. The number of nitro groups is 1. The largest absolute Gasteiger partial charge is 0.385 e. The average Bonchev–Trinajstić information content (AvgIpc) is 3.05. The van der Waals surface area contributed by atoms with Crippen LogP contribution < -0.4 is 0 Å². The van der Waals surface area contributed by atoms with Gasteiger partial charge < -0.3 is 9.30 Å². The topological polar surface area (TPSA) is 83.1 Å². The van der Waals surface area contributed by atoms with Gasteiger partial charge in [-0.05, 0) is 36.4 Å². The molecule has 0 saturated carbocycles. The molecule has 0 atom stereocenters. The zero-order valence-corrected chi connectivity index (χ0v) is 16.1. The molecule has 0 aliphatic rings. The maximum atomic E-state index is 11.3. The number of rotatable bonds is 8. The molecule has 27 heavy (non-hydrogen) atoms. The minimum absolute atomic E-state index is 0.0354. The summed E-state index contributed by atoms with van der Waals surface area (Å²) >= 11 is 7.54. The first-order chi connectivity index (χ1) is 13.1. The molecule has 0 bridgehead atoms. The smallest absolute Gasteiger partial charge is 0.283 e. The molecule has 140 valence electrons. The van der Waals surface area contributed by atoms with E-state index in [1.54, 1.807) is 31.4 Å². The van der Waals surface area contributed by atoms with Gasteiger partial charge in [-0.1, -0.05) is 35.9 Å². The van der Waals surface area contributed by atoms with E-state index in [0.29, 0.717) is 34.1 Å². The normalized spacial score (nSPS) is 10.9. The third kappa shape index (κ3) is 4.47. The lowest BCUT2D eigenvalue weighted by atomic mass is 10.2. The van der Waals surface area contributed by atoms with E-state index in [1.165, 1.54) is 17.8 Å². The van der Waals surface area contributed by atoms with Crippen LogP contribution in [0.2, 0.25) is 5.02 Å². The molecule has 0 N–H and O–H groups in total. The minimum Gasteiger partial charge on any atom is -0.385 e. The monoisotopic (exact) mass is 404 g/mol. The molecule has 0 unspecified atom stereocenters. The van der Waals surface area contributed by atoms with Gasteiger partial charge in [0.15, 0.2) is 11.0 Å². The van der Waals surface area contributed by atoms with E-state index in [4.69, 9.17) is 16.3 Å². The summed E-state index contributed by atoms with van der Waals surface area (Å²) in [5.41, 5.74) is 0.798. The van der Waals surface area contributed by atoms with Crippen molar-refractivity contribution in [3.63, 3.8) is 0 Å². The van der Waals surface area contributed by atoms with Crippen molar-refractivity contribution in [1.82, 2.24) is 14.8 Å². The quantitative estimate of drug-likeness (QED) is 0.307. The van der Waals surface area contributed by atoms with Crippen LogP contribution in [0.15, 0.2) is 58.6 Å². The third-order valence-electron chi connectivity index (χ3n) is 3.82. The van der Waals surface area contributed by atoms with Gasteiger partial charge in [-0.25, -0.2) is 0 Å². The van der Waals surface area contributed by atoms with Crippen LogP contribution in [0.4, 0.5) is 5.69 Å². The highest BCUT2D eigenvalue weighted by Gasteiger charge is 2.20. The molecule has 0 saturated heterocycles. The Morgan fingerprint density at radius 2 is 1.93 bits per heavy atom. The van der Waals surface area contributed by atoms with Gasteiger partial charge in [0.1, 0.15) is 0 Å². The van der Waals surface area contributed by atoms with Crippen LogP contribution >= 0.6 is 23.4 Å². The second kappa shape index (κ2) is 8.98. The summed E-state index contributed by atoms with van der Waals surface area (Å²) in [5.74, 6) is 0.623. The summed E-state index contributed by atoms with van der Waals surface area (Å²) in [5, 5.41) is 21.0. The lowest BCUT2D eigenvalue weighted by Gasteiger charge is -2.11. The Morgan fingerprint density at radius 1 is 1.19 bits per heavy atom. The van der Waals surface area contributed by atoms with Crippen molar-refractivity contribution in [3.8, 4) is 11.4 Å². The molecule has 3 rings (SSSR count). The molecule has 0 aliphatic carbocycles. The molecule has 1 aromatic heterocycles. The number of para-hydroxylation sites is 1. The summed E-state index contributed by atoms with van der Waals surface area (Å²) in [7, 11) is 1.64. The molecule has 3 aromatic rings. The first-order valence-electron chi connectivity index (χ1n) is 8.20. The van der Waals surface area contributed by atoms with Crippen LogP contribution in [-0.2, 0) is 11.3 Å². The third-order valence-corrected chi connectivity index (χ3v) is 5.20. The second-order valence-electron chi connectivity index (χ2n) is 5.61. The average molecular weight is 405 g/mol. The lowest BCUT2D eigenvalue weighted by molar-refractivity contribution is -0.387.